The second-order valence-corrected chi connectivity index (χ2v) is 5.56. The van der Waals surface area contributed by atoms with Crippen LogP contribution in [-0.4, -0.2) is 4.57 Å². The predicted octanol–water partition coefficient (Wildman–Crippen LogP) is 4.32. The van der Waals surface area contributed by atoms with Crippen LogP contribution in [0.5, 0.6) is 0 Å². The lowest BCUT2D eigenvalue weighted by molar-refractivity contribution is -0.657. The van der Waals surface area contributed by atoms with Gasteiger partial charge in [0.05, 0.1) is 26.5 Å². The van der Waals surface area contributed by atoms with Crippen molar-refractivity contribution in [2.24, 2.45) is 24.3 Å². The Hall–Kier alpha value is -2.95. The van der Waals surface area contributed by atoms with Crippen molar-refractivity contribution in [1.29, 1.82) is 0 Å². The van der Waals surface area contributed by atoms with Gasteiger partial charge in [0.2, 0.25) is 0 Å². The van der Waals surface area contributed by atoms with Gasteiger partial charge in [-0.3, -0.25) is 0 Å². The molecule has 3 aromatic rings. The van der Waals surface area contributed by atoms with Crippen LogP contribution in [0.25, 0.3) is 0 Å². The van der Waals surface area contributed by atoms with Gasteiger partial charge in [-0.1, -0.05) is 22.8 Å². The number of imidazole rings is 1. The molecule has 0 saturated carbocycles. The monoisotopic (exact) mass is 306 g/mol. The zero-order valence-corrected chi connectivity index (χ0v) is 13.6. The summed E-state index contributed by atoms with van der Waals surface area (Å²) in [7, 11) is 3.89. The maximum absolute atomic E-state index is 4.29. The molecule has 5 heteroatoms. The van der Waals surface area contributed by atoms with E-state index in [0.29, 0.717) is 0 Å². The molecule has 116 valence electrons. The molecule has 0 bridgehead atoms. The number of hydrogen-bond acceptors (Lipinski definition) is 3. The molecule has 0 spiro atoms. The predicted molar refractivity (Wildman–Crippen MR) is 91.7 cm³/mol. The summed E-state index contributed by atoms with van der Waals surface area (Å²) in [6.07, 6.45) is 3.89. The number of rotatable bonds is 4. The molecule has 5 nitrogen and oxygen atoms in total. The van der Waals surface area contributed by atoms with E-state index in [1.54, 1.807) is 0 Å². The van der Waals surface area contributed by atoms with Crippen molar-refractivity contribution in [2.75, 3.05) is 5.32 Å². The van der Waals surface area contributed by atoms with Crippen LogP contribution in [-0.2, 0) is 14.1 Å². The van der Waals surface area contributed by atoms with E-state index in [4.69, 9.17) is 0 Å². The van der Waals surface area contributed by atoms with Gasteiger partial charge in [-0.2, -0.15) is 0 Å². The number of aromatic nitrogens is 2. The van der Waals surface area contributed by atoms with Gasteiger partial charge in [-0.05, 0) is 43.3 Å². The first-order valence-electron chi connectivity index (χ1n) is 7.48. The normalized spacial score (nSPS) is 11.1. The molecule has 0 unspecified atom stereocenters. The number of nitrogens with one attached hydrogen (secondary N) is 1. The standard InChI is InChI=1S/C18H19N5/c1-14-4-6-15(7-5-14)19-16-8-10-17(11-9-16)20-21-18-22(2)12-13-23(18)3/h4-13H,1-3H3/p+1. The summed E-state index contributed by atoms with van der Waals surface area (Å²) in [6.45, 7) is 2.08. The summed E-state index contributed by atoms with van der Waals surface area (Å²) in [6, 6.07) is 16.2. The van der Waals surface area contributed by atoms with Crippen molar-refractivity contribution in [3.05, 3.63) is 66.5 Å². The van der Waals surface area contributed by atoms with Crippen LogP contribution < -0.4 is 9.88 Å². The third-order valence-electron chi connectivity index (χ3n) is 3.61. The van der Waals surface area contributed by atoms with Gasteiger partial charge < -0.3 is 5.32 Å². The van der Waals surface area contributed by atoms with Crippen molar-refractivity contribution in [2.45, 2.75) is 6.92 Å². The Balaban J connectivity index is 1.71. The van der Waals surface area contributed by atoms with E-state index in [2.05, 4.69) is 46.7 Å². The fourth-order valence-corrected chi connectivity index (χ4v) is 2.24. The summed E-state index contributed by atoms with van der Waals surface area (Å²) in [5, 5.41) is 11.9. The van der Waals surface area contributed by atoms with Gasteiger partial charge in [0.1, 0.15) is 5.69 Å². The van der Waals surface area contributed by atoms with Crippen molar-refractivity contribution < 1.29 is 4.57 Å². The third kappa shape index (κ3) is 3.63. The number of nitrogens with zero attached hydrogens (tertiary/aromatic N) is 4. The summed E-state index contributed by atoms with van der Waals surface area (Å²) >= 11 is 0. The Bertz CT molecular complexity index is 794. The molecular weight excluding hydrogens is 286 g/mol. The second-order valence-electron chi connectivity index (χ2n) is 5.56. The number of benzene rings is 2. The Morgan fingerprint density at radius 3 is 2.09 bits per heavy atom. The van der Waals surface area contributed by atoms with Crippen molar-refractivity contribution >= 4 is 23.0 Å². The van der Waals surface area contributed by atoms with Gasteiger partial charge in [-0.25, -0.2) is 9.13 Å². The molecule has 0 radical (unpaired) electrons. The number of azo groups is 1. The summed E-state index contributed by atoms with van der Waals surface area (Å²) in [5.74, 6) is 0.798. The van der Waals surface area contributed by atoms with Crippen LogP contribution in [0.2, 0.25) is 0 Å². The van der Waals surface area contributed by atoms with E-state index in [-0.39, 0.29) is 0 Å². The number of aryl methyl sites for hydroxylation is 3. The first kappa shape index (κ1) is 15.0. The molecule has 0 aliphatic rings. The van der Waals surface area contributed by atoms with Gasteiger partial charge in [0.25, 0.3) is 0 Å². The third-order valence-corrected chi connectivity index (χ3v) is 3.61. The van der Waals surface area contributed by atoms with E-state index < -0.39 is 0 Å². The minimum atomic E-state index is 0.798. The van der Waals surface area contributed by atoms with Crippen LogP contribution in [0.1, 0.15) is 5.56 Å². The summed E-state index contributed by atoms with van der Waals surface area (Å²) in [5.41, 5.74) is 4.17. The summed E-state index contributed by atoms with van der Waals surface area (Å²) < 4.78 is 3.85. The van der Waals surface area contributed by atoms with E-state index >= 15 is 0 Å². The minimum Gasteiger partial charge on any atom is -0.356 e. The van der Waals surface area contributed by atoms with Gasteiger partial charge in [-0.15, -0.1) is 0 Å². The second kappa shape index (κ2) is 6.44. The van der Waals surface area contributed by atoms with Crippen LogP contribution in [0.4, 0.5) is 23.0 Å². The fraction of sp³-hybridized carbons (Fsp3) is 0.167. The molecule has 0 aliphatic carbocycles. The SMILES string of the molecule is Cc1ccc(Nc2ccc(/N=N/c3n(C)cc[n+]3C)cc2)cc1. The van der Waals surface area contributed by atoms with E-state index in [9.17, 15) is 0 Å². The average molecular weight is 306 g/mol. The van der Waals surface area contributed by atoms with Crippen molar-refractivity contribution in [3.63, 3.8) is 0 Å². The molecule has 0 saturated heterocycles. The van der Waals surface area contributed by atoms with Crippen LogP contribution in [0.15, 0.2) is 71.2 Å². The quantitative estimate of drug-likeness (QED) is 0.566. The number of hydrogen-bond donors (Lipinski definition) is 1. The molecule has 0 aliphatic heterocycles. The highest BCUT2D eigenvalue weighted by atomic mass is 15.3. The largest absolute Gasteiger partial charge is 0.421 e. The van der Waals surface area contributed by atoms with E-state index in [0.717, 1.165) is 23.0 Å². The topological polar surface area (TPSA) is 45.6 Å². The Morgan fingerprint density at radius 2 is 1.52 bits per heavy atom. The van der Waals surface area contributed by atoms with Crippen molar-refractivity contribution in [3.8, 4) is 0 Å². The average Bonchev–Trinajstić information content (AvgIpc) is 2.88. The molecule has 3 rings (SSSR count). The van der Waals surface area contributed by atoms with E-state index in [1.807, 2.05) is 59.9 Å². The Kier molecular flexibility index (Phi) is 4.19. The highest BCUT2D eigenvalue weighted by Crippen LogP contribution is 2.21. The molecule has 1 aromatic heterocycles. The molecule has 2 aromatic carbocycles. The highest BCUT2D eigenvalue weighted by molar-refractivity contribution is 5.61. The fourth-order valence-electron chi connectivity index (χ4n) is 2.24. The van der Waals surface area contributed by atoms with Crippen LogP contribution in [0, 0.1) is 6.92 Å². The Labute approximate surface area is 135 Å². The zero-order valence-electron chi connectivity index (χ0n) is 13.6. The molecule has 1 heterocycles. The zero-order chi connectivity index (χ0) is 16.2. The van der Waals surface area contributed by atoms with Gasteiger partial charge in [0, 0.05) is 16.5 Å². The smallest absolute Gasteiger partial charge is 0.356 e. The molecule has 0 atom stereocenters. The molecule has 23 heavy (non-hydrogen) atoms. The highest BCUT2D eigenvalue weighted by Gasteiger charge is 2.10. The summed E-state index contributed by atoms with van der Waals surface area (Å²) in [4.78, 5) is 0. The lowest BCUT2D eigenvalue weighted by atomic mass is 10.2. The lowest BCUT2D eigenvalue weighted by Gasteiger charge is -2.06. The maximum Gasteiger partial charge on any atom is 0.421 e. The Morgan fingerprint density at radius 1 is 0.913 bits per heavy atom. The van der Waals surface area contributed by atoms with Crippen molar-refractivity contribution in [1.82, 2.24) is 4.57 Å². The minimum absolute atomic E-state index is 0.798. The van der Waals surface area contributed by atoms with Crippen LogP contribution >= 0.6 is 0 Å². The molecule has 0 fully saturated rings. The lowest BCUT2D eigenvalue weighted by Crippen LogP contribution is -2.25. The van der Waals surface area contributed by atoms with Gasteiger partial charge in [0.15, 0.2) is 0 Å². The first-order valence-corrected chi connectivity index (χ1v) is 7.48. The maximum atomic E-state index is 4.29. The van der Waals surface area contributed by atoms with Crippen LogP contribution in [0.3, 0.4) is 0 Å². The molecule has 0 amide bonds. The first-order chi connectivity index (χ1) is 11.1. The number of anilines is 2. The molecular formula is C18H20N5+. The van der Waals surface area contributed by atoms with Gasteiger partial charge >= 0.3 is 5.95 Å². The van der Waals surface area contributed by atoms with E-state index in [1.165, 1.54) is 5.56 Å². The molecule has 1 N–H and O–H groups in total.